The van der Waals surface area contributed by atoms with E-state index in [0.717, 1.165) is 11.9 Å². The number of imidazole rings is 1. The second-order valence-corrected chi connectivity index (χ2v) is 5.29. The van der Waals surface area contributed by atoms with Gasteiger partial charge in [-0.2, -0.15) is 0 Å². The standard InChI is InChI=1S/C13H16Cl2N4O/c1-2-4-17-12(20)3-5-19-11-7-9(15)8(14)6-10(11)18-13(19)16/h6-7H,2-5H2,1H3,(H2,16,18)(H,17,20). The van der Waals surface area contributed by atoms with Crippen molar-refractivity contribution in [2.45, 2.75) is 26.3 Å². The molecule has 0 atom stereocenters. The summed E-state index contributed by atoms with van der Waals surface area (Å²) in [6.45, 7) is 3.14. The van der Waals surface area contributed by atoms with Crippen LogP contribution in [0.5, 0.6) is 0 Å². The number of nitrogens with two attached hydrogens (primary N) is 1. The average Bonchev–Trinajstić information content (AvgIpc) is 2.70. The zero-order valence-electron chi connectivity index (χ0n) is 11.1. The predicted molar refractivity (Wildman–Crippen MR) is 82.1 cm³/mol. The van der Waals surface area contributed by atoms with Crippen molar-refractivity contribution in [1.29, 1.82) is 0 Å². The molecule has 5 nitrogen and oxygen atoms in total. The van der Waals surface area contributed by atoms with Crippen molar-refractivity contribution in [1.82, 2.24) is 14.9 Å². The number of anilines is 1. The van der Waals surface area contributed by atoms with Crippen LogP contribution in [0.1, 0.15) is 19.8 Å². The highest BCUT2D eigenvalue weighted by molar-refractivity contribution is 6.42. The number of hydrogen-bond donors (Lipinski definition) is 2. The molecule has 0 radical (unpaired) electrons. The van der Waals surface area contributed by atoms with Gasteiger partial charge in [-0.25, -0.2) is 4.98 Å². The lowest BCUT2D eigenvalue weighted by Gasteiger charge is -2.07. The Kier molecular flexibility index (Phi) is 4.73. The number of rotatable bonds is 5. The number of nitrogens with one attached hydrogen (secondary N) is 1. The fraction of sp³-hybridized carbons (Fsp3) is 0.385. The topological polar surface area (TPSA) is 72.9 Å². The lowest BCUT2D eigenvalue weighted by Crippen LogP contribution is -2.25. The maximum Gasteiger partial charge on any atom is 0.221 e. The van der Waals surface area contributed by atoms with Crippen LogP contribution in [-0.4, -0.2) is 22.0 Å². The summed E-state index contributed by atoms with van der Waals surface area (Å²) in [5.74, 6) is 0.342. The van der Waals surface area contributed by atoms with Crippen LogP contribution in [0.3, 0.4) is 0 Å². The number of amides is 1. The van der Waals surface area contributed by atoms with Gasteiger partial charge in [0, 0.05) is 19.5 Å². The quantitative estimate of drug-likeness (QED) is 0.891. The summed E-state index contributed by atoms with van der Waals surface area (Å²) in [4.78, 5) is 15.9. The predicted octanol–water partition coefficient (Wildman–Crippen LogP) is 2.84. The number of halogens is 2. The van der Waals surface area contributed by atoms with Crippen molar-refractivity contribution >= 4 is 46.1 Å². The van der Waals surface area contributed by atoms with Gasteiger partial charge in [-0.15, -0.1) is 0 Å². The Labute approximate surface area is 127 Å². The van der Waals surface area contributed by atoms with Crippen LogP contribution in [0.25, 0.3) is 11.0 Å². The fourth-order valence-electron chi connectivity index (χ4n) is 1.94. The number of aromatic nitrogens is 2. The molecule has 0 aliphatic carbocycles. The molecule has 0 saturated heterocycles. The molecule has 0 saturated carbocycles. The lowest BCUT2D eigenvalue weighted by atomic mass is 10.3. The molecule has 0 aliphatic heterocycles. The molecule has 0 fully saturated rings. The summed E-state index contributed by atoms with van der Waals surface area (Å²) in [5, 5.41) is 3.70. The Bertz CT molecular complexity index is 639. The van der Waals surface area contributed by atoms with Crippen LogP contribution in [0.15, 0.2) is 12.1 Å². The Morgan fingerprint density at radius 1 is 1.40 bits per heavy atom. The van der Waals surface area contributed by atoms with Crippen LogP contribution < -0.4 is 11.1 Å². The number of fused-ring (bicyclic) bond motifs is 1. The van der Waals surface area contributed by atoms with Crippen LogP contribution in [0.2, 0.25) is 10.0 Å². The lowest BCUT2D eigenvalue weighted by molar-refractivity contribution is -0.121. The third-order valence-corrected chi connectivity index (χ3v) is 3.68. The minimum atomic E-state index is -0.00633. The van der Waals surface area contributed by atoms with Gasteiger partial charge in [-0.3, -0.25) is 4.79 Å². The van der Waals surface area contributed by atoms with Gasteiger partial charge in [0.25, 0.3) is 0 Å². The first-order chi connectivity index (χ1) is 9.52. The van der Waals surface area contributed by atoms with Gasteiger partial charge in [0.2, 0.25) is 11.9 Å². The van der Waals surface area contributed by atoms with E-state index in [1.165, 1.54) is 0 Å². The van der Waals surface area contributed by atoms with Crippen molar-refractivity contribution in [3.05, 3.63) is 22.2 Å². The summed E-state index contributed by atoms with van der Waals surface area (Å²) in [6.07, 6.45) is 1.26. The van der Waals surface area contributed by atoms with Gasteiger partial charge in [0.1, 0.15) is 0 Å². The molecule has 7 heteroatoms. The third kappa shape index (κ3) is 3.16. The van der Waals surface area contributed by atoms with E-state index in [0.29, 0.717) is 41.0 Å². The van der Waals surface area contributed by atoms with Gasteiger partial charge < -0.3 is 15.6 Å². The molecule has 20 heavy (non-hydrogen) atoms. The highest BCUT2D eigenvalue weighted by Crippen LogP contribution is 2.29. The Balaban J connectivity index is 2.19. The largest absolute Gasteiger partial charge is 0.369 e. The molecule has 3 N–H and O–H groups in total. The summed E-state index contributed by atoms with van der Waals surface area (Å²) in [7, 11) is 0. The molecule has 0 spiro atoms. The van der Waals surface area contributed by atoms with E-state index in [2.05, 4.69) is 10.3 Å². The number of nitrogens with zero attached hydrogens (tertiary/aromatic N) is 2. The highest BCUT2D eigenvalue weighted by atomic mass is 35.5. The summed E-state index contributed by atoms with van der Waals surface area (Å²) in [5.41, 5.74) is 7.32. The van der Waals surface area contributed by atoms with Crippen molar-refractivity contribution in [2.75, 3.05) is 12.3 Å². The fourth-order valence-corrected chi connectivity index (χ4v) is 2.26. The first-order valence-corrected chi connectivity index (χ1v) is 7.16. The minimum absolute atomic E-state index is 0.00633. The molecule has 0 bridgehead atoms. The zero-order chi connectivity index (χ0) is 14.7. The van der Waals surface area contributed by atoms with Crippen LogP contribution >= 0.6 is 23.2 Å². The van der Waals surface area contributed by atoms with Gasteiger partial charge in [0.05, 0.1) is 21.1 Å². The molecule has 2 aromatic rings. The van der Waals surface area contributed by atoms with E-state index in [-0.39, 0.29) is 5.91 Å². The van der Waals surface area contributed by atoms with Crippen molar-refractivity contribution in [3.8, 4) is 0 Å². The van der Waals surface area contributed by atoms with E-state index in [1.54, 1.807) is 16.7 Å². The first kappa shape index (κ1) is 14.9. The van der Waals surface area contributed by atoms with Crippen LogP contribution in [0, 0.1) is 0 Å². The average molecular weight is 315 g/mol. The summed E-state index contributed by atoms with van der Waals surface area (Å²) < 4.78 is 1.77. The monoisotopic (exact) mass is 314 g/mol. The minimum Gasteiger partial charge on any atom is -0.369 e. The number of hydrogen-bond acceptors (Lipinski definition) is 3. The molecule has 1 amide bonds. The van der Waals surface area contributed by atoms with E-state index < -0.39 is 0 Å². The van der Waals surface area contributed by atoms with Crippen molar-refractivity contribution in [2.24, 2.45) is 0 Å². The normalized spacial score (nSPS) is 10.9. The van der Waals surface area contributed by atoms with Gasteiger partial charge >= 0.3 is 0 Å². The van der Waals surface area contributed by atoms with E-state index in [1.807, 2.05) is 6.92 Å². The summed E-state index contributed by atoms with van der Waals surface area (Å²) in [6, 6.07) is 3.38. The molecule has 108 valence electrons. The molecule has 0 unspecified atom stereocenters. The molecule has 1 aromatic carbocycles. The smallest absolute Gasteiger partial charge is 0.221 e. The SMILES string of the molecule is CCCNC(=O)CCn1c(N)nc2cc(Cl)c(Cl)cc21. The van der Waals surface area contributed by atoms with Crippen LogP contribution in [0.4, 0.5) is 5.95 Å². The van der Waals surface area contributed by atoms with E-state index in [4.69, 9.17) is 28.9 Å². The number of carbonyl (C=O) groups excluding carboxylic acids is 1. The van der Waals surface area contributed by atoms with E-state index in [9.17, 15) is 4.79 Å². The molecule has 1 aromatic heterocycles. The molecule has 0 aliphatic rings. The van der Waals surface area contributed by atoms with Crippen LogP contribution in [-0.2, 0) is 11.3 Å². The number of carbonyl (C=O) groups is 1. The second-order valence-electron chi connectivity index (χ2n) is 4.48. The number of aryl methyl sites for hydroxylation is 1. The molecule has 1 heterocycles. The third-order valence-electron chi connectivity index (χ3n) is 2.95. The highest BCUT2D eigenvalue weighted by Gasteiger charge is 2.12. The van der Waals surface area contributed by atoms with Gasteiger partial charge in [-0.05, 0) is 18.6 Å². The molecule has 2 rings (SSSR count). The zero-order valence-corrected chi connectivity index (χ0v) is 12.6. The number of benzene rings is 1. The first-order valence-electron chi connectivity index (χ1n) is 6.40. The maximum atomic E-state index is 11.6. The Hall–Kier alpha value is -1.46. The van der Waals surface area contributed by atoms with E-state index >= 15 is 0 Å². The Morgan fingerprint density at radius 3 is 2.80 bits per heavy atom. The summed E-state index contributed by atoms with van der Waals surface area (Å²) >= 11 is 12.0. The van der Waals surface area contributed by atoms with Crippen molar-refractivity contribution < 1.29 is 4.79 Å². The van der Waals surface area contributed by atoms with Gasteiger partial charge in [0.15, 0.2) is 0 Å². The number of nitrogen functional groups attached to an aromatic ring is 1. The second kappa shape index (κ2) is 6.33. The molecular formula is C13H16Cl2N4O. The molecular weight excluding hydrogens is 299 g/mol. The maximum absolute atomic E-state index is 11.6. The van der Waals surface area contributed by atoms with Gasteiger partial charge in [-0.1, -0.05) is 30.1 Å². The Morgan fingerprint density at radius 2 is 2.10 bits per heavy atom. The van der Waals surface area contributed by atoms with Crippen molar-refractivity contribution in [3.63, 3.8) is 0 Å².